The molecular weight excluding hydrogens is 161 g/mol. The quantitative estimate of drug-likeness (QED) is 0.366. The molecule has 5 heteroatoms. The average molecular weight is 167 g/mol. The van der Waals surface area contributed by atoms with Crippen LogP contribution in [-0.2, 0) is 0 Å². The second kappa shape index (κ2) is 3.37. The molecule has 0 aliphatic heterocycles. The molecule has 0 bridgehead atoms. The van der Waals surface area contributed by atoms with Crippen molar-refractivity contribution in [2.24, 2.45) is 0 Å². The Hall–Kier alpha value is -1.05. The molecule has 11 heavy (non-hydrogen) atoms. The smallest absolute Gasteiger partial charge is 0.497 e. The lowest BCUT2D eigenvalue weighted by atomic mass is 10.3. The molecule has 0 amide bonds. The van der Waals surface area contributed by atoms with Crippen LogP contribution in [-0.4, -0.2) is 21.5 Å². The minimum atomic E-state index is -0.451. The zero-order chi connectivity index (χ0) is 8.27. The van der Waals surface area contributed by atoms with Crippen LogP contribution in [0.4, 0.5) is 5.69 Å². The second-order valence-corrected chi connectivity index (χ2v) is 2.34. The Kier molecular flexibility index (Phi) is 2.47. The van der Waals surface area contributed by atoms with Gasteiger partial charge in [0.05, 0.1) is 4.92 Å². The summed E-state index contributed by atoms with van der Waals surface area (Å²) in [7, 11) is 0. The predicted octanol–water partition coefficient (Wildman–Crippen LogP) is 0.522. The highest BCUT2D eigenvalue weighted by Gasteiger charge is 2.10. The van der Waals surface area contributed by atoms with E-state index in [0.717, 1.165) is 0 Å². The van der Waals surface area contributed by atoms with Gasteiger partial charge < -0.3 is 3.79 Å². The van der Waals surface area contributed by atoms with Gasteiger partial charge in [-0.2, -0.15) is 0 Å². The van der Waals surface area contributed by atoms with Crippen molar-refractivity contribution in [3.8, 4) is 5.75 Å². The van der Waals surface area contributed by atoms with E-state index < -0.39 is 4.92 Å². The maximum absolute atomic E-state index is 10.3. The van der Waals surface area contributed by atoms with Gasteiger partial charge in [0.2, 0.25) is 0 Å². The summed E-state index contributed by atoms with van der Waals surface area (Å²) in [6.45, 7) is 0. The zero-order valence-electron chi connectivity index (χ0n) is 5.98. The molecule has 0 atom stereocenters. The Bertz CT molecular complexity index is 276. The maximum atomic E-state index is 10.3. The van der Waals surface area contributed by atoms with Crippen molar-refractivity contribution in [1.82, 2.24) is 0 Å². The molecule has 1 aromatic rings. The third-order valence-electron chi connectivity index (χ3n) is 1.28. The number of nitrogens with zero attached hydrogens (tertiary/aromatic N) is 1. The average Bonchev–Trinajstić information content (AvgIpc) is 2.04. The Labute approximate surface area is 71.7 Å². The molecule has 4 nitrogen and oxygen atoms in total. The number of hydrogen-bond donors (Lipinski definition) is 0. The van der Waals surface area contributed by atoms with Crippen LogP contribution in [0.1, 0.15) is 0 Å². The molecule has 0 spiro atoms. The van der Waals surface area contributed by atoms with Crippen molar-refractivity contribution in [3.05, 3.63) is 34.4 Å². The van der Waals surface area contributed by atoms with Gasteiger partial charge in [-0.3, -0.25) is 10.1 Å². The lowest BCUT2D eigenvalue weighted by molar-refractivity contribution is -0.385. The summed E-state index contributed by atoms with van der Waals surface area (Å²) in [5, 5.41) is 10.3. The first-order valence-corrected chi connectivity index (χ1v) is 3.84. The normalized spacial score (nSPS) is 9.09. The monoisotopic (exact) mass is 167 g/mol. The van der Waals surface area contributed by atoms with Crippen molar-refractivity contribution in [2.45, 2.75) is 0 Å². The van der Waals surface area contributed by atoms with E-state index in [1.165, 1.54) is 6.07 Å². The molecular formula is C6H6AlNO3. The number of hydrogen-bond acceptors (Lipinski definition) is 3. The molecule has 0 heterocycles. The molecule has 0 fully saturated rings. The fraction of sp³-hybridized carbons (Fsp3) is 0. The van der Waals surface area contributed by atoms with Crippen molar-refractivity contribution in [2.75, 3.05) is 0 Å². The maximum Gasteiger partial charge on any atom is 0.497 e. The lowest BCUT2D eigenvalue weighted by Gasteiger charge is -2.00. The van der Waals surface area contributed by atoms with Crippen molar-refractivity contribution < 1.29 is 8.71 Å². The van der Waals surface area contributed by atoms with Crippen molar-refractivity contribution >= 4 is 22.3 Å². The van der Waals surface area contributed by atoms with E-state index in [1.807, 2.05) is 0 Å². The number of benzene rings is 1. The molecule has 0 unspecified atom stereocenters. The topological polar surface area (TPSA) is 52.4 Å². The van der Waals surface area contributed by atoms with Crippen LogP contribution >= 0.6 is 0 Å². The van der Waals surface area contributed by atoms with E-state index in [9.17, 15) is 10.1 Å². The highest BCUT2D eigenvalue weighted by molar-refractivity contribution is 6.00. The van der Waals surface area contributed by atoms with E-state index in [-0.39, 0.29) is 5.69 Å². The predicted molar refractivity (Wildman–Crippen MR) is 42.3 cm³/mol. The van der Waals surface area contributed by atoms with Gasteiger partial charge in [0, 0.05) is 6.07 Å². The first-order chi connectivity index (χ1) is 5.25. The summed E-state index contributed by atoms with van der Waals surface area (Å²) >= 11 is 0.467. The lowest BCUT2D eigenvalue weighted by Crippen LogP contribution is -1.93. The summed E-state index contributed by atoms with van der Waals surface area (Å²) in [5.74, 6) is 0.351. The molecule has 0 aliphatic rings. The Morgan fingerprint density at radius 3 is 2.55 bits per heavy atom. The summed E-state index contributed by atoms with van der Waals surface area (Å²) in [6.07, 6.45) is 0. The van der Waals surface area contributed by atoms with Gasteiger partial charge in [-0.15, -0.1) is 0 Å². The van der Waals surface area contributed by atoms with Gasteiger partial charge in [-0.05, 0) is 6.07 Å². The fourth-order valence-electron chi connectivity index (χ4n) is 0.781. The Morgan fingerprint density at radius 2 is 2.09 bits per heavy atom. The van der Waals surface area contributed by atoms with E-state index >= 15 is 0 Å². The van der Waals surface area contributed by atoms with Gasteiger partial charge in [0.1, 0.15) is 0 Å². The van der Waals surface area contributed by atoms with Crippen LogP contribution in [0.2, 0.25) is 0 Å². The number of nitro benzene ring substituents is 1. The molecule has 1 aromatic carbocycles. The first kappa shape index (κ1) is 8.05. The summed E-state index contributed by atoms with van der Waals surface area (Å²) < 4.78 is 4.90. The van der Waals surface area contributed by atoms with Crippen LogP contribution < -0.4 is 3.79 Å². The summed E-state index contributed by atoms with van der Waals surface area (Å²) in [6, 6.07) is 6.33. The highest BCUT2D eigenvalue weighted by atomic mass is 27.1. The van der Waals surface area contributed by atoms with Gasteiger partial charge >= 0.3 is 22.3 Å². The van der Waals surface area contributed by atoms with Crippen LogP contribution in [0.25, 0.3) is 0 Å². The SMILES string of the molecule is O=[N+]([O-])c1ccccc1[O][AlH2]. The fourth-order valence-corrected chi connectivity index (χ4v) is 1.13. The minimum absolute atomic E-state index is 0.0301. The van der Waals surface area contributed by atoms with E-state index in [4.69, 9.17) is 3.79 Å². The van der Waals surface area contributed by atoms with Crippen LogP contribution in [0.3, 0.4) is 0 Å². The van der Waals surface area contributed by atoms with Crippen LogP contribution in [0.5, 0.6) is 5.75 Å². The molecule has 0 aliphatic carbocycles. The molecule has 0 aromatic heterocycles. The summed E-state index contributed by atoms with van der Waals surface area (Å²) in [4.78, 5) is 9.87. The van der Waals surface area contributed by atoms with Crippen molar-refractivity contribution in [3.63, 3.8) is 0 Å². The van der Waals surface area contributed by atoms with Crippen LogP contribution in [0, 0.1) is 10.1 Å². The van der Waals surface area contributed by atoms with Gasteiger partial charge in [-0.1, -0.05) is 12.1 Å². The second-order valence-electron chi connectivity index (χ2n) is 1.93. The molecule has 0 saturated carbocycles. The molecule has 0 N–H and O–H groups in total. The van der Waals surface area contributed by atoms with Gasteiger partial charge in [0.25, 0.3) is 0 Å². The van der Waals surface area contributed by atoms with Gasteiger partial charge in [0.15, 0.2) is 5.75 Å². The molecule has 0 saturated heterocycles. The van der Waals surface area contributed by atoms with E-state index in [2.05, 4.69) is 0 Å². The zero-order valence-corrected chi connectivity index (χ0v) is 7.98. The Balaban J connectivity index is 3.12. The number of rotatable bonds is 2. The number of para-hydroxylation sites is 2. The minimum Gasteiger partial charge on any atom is -0.643 e. The van der Waals surface area contributed by atoms with Crippen molar-refractivity contribution in [1.29, 1.82) is 0 Å². The Morgan fingerprint density at radius 1 is 1.45 bits per heavy atom. The third kappa shape index (κ3) is 1.70. The van der Waals surface area contributed by atoms with Crippen LogP contribution in [0.15, 0.2) is 24.3 Å². The molecule has 0 radical (unpaired) electrons. The standard InChI is InChI=1S/C6H5NO3.Al.2H/c8-6-4-2-1-3-5(6)7(9)10;;;/h1-4,8H;;;/q;+1;;/p-1. The first-order valence-electron chi connectivity index (χ1n) is 3.03. The van der Waals surface area contributed by atoms with Gasteiger partial charge in [-0.25, -0.2) is 0 Å². The van der Waals surface area contributed by atoms with E-state index in [1.54, 1.807) is 18.2 Å². The van der Waals surface area contributed by atoms with E-state index in [0.29, 0.717) is 22.4 Å². The number of nitro groups is 1. The summed E-state index contributed by atoms with van der Waals surface area (Å²) in [5.41, 5.74) is 0.0301. The largest absolute Gasteiger partial charge is 0.643 e. The third-order valence-corrected chi connectivity index (χ3v) is 1.72. The highest BCUT2D eigenvalue weighted by Crippen LogP contribution is 2.24. The molecule has 56 valence electrons. The molecule has 1 rings (SSSR count).